The molecule has 2 heteroatoms. The summed E-state index contributed by atoms with van der Waals surface area (Å²) in [7, 11) is 0. The molecule has 0 spiro atoms. The fourth-order valence-electron chi connectivity index (χ4n) is 4.32. The number of fused-ring (bicyclic) bond motifs is 2. The smallest absolute Gasteiger partial charge is 0.0570 e. The lowest BCUT2D eigenvalue weighted by Crippen LogP contribution is -2.48. The van der Waals surface area contributed by atoms with Crippen LogP contribution < -0.4 is 0 Å². The molecule has 2 nitrogen and oxygen atoms in total. The SMILES string of the molecule is CC(C)[C@H]1C[C@@H](CN2[C@@H]3CC[C@H]2C[C@H](O)C3)C1. The maximum absolute atomic E-state index is 9.80. The van der Waals surface area contributed by atoms with Gasteiger partial charge in [-0.1, -0.05) is 13.8 Å². The van der Waals surface area contributed by atoms with Crippen molar-refractivity contribution >= 4 is 0 Å². The highest BCUT2D eigenvalue weighted by Gasteiger charge is 2.42. The molecule has 0 radical (unpaired) electrons. The van der Waals surface area contributed by atoms with E-state index in [4.69, 9.17) is 0 Å². The van der Waals surface area contributed by atoms with Crippen LogP contribution in [-0.2, 0) is 0 Å². The van der Waals surface area contributed by atoms with Crippen molar-refractivity contribution in [2.45, 2.75) is 70.6 Å². The first-order valence-corrected chi connectivity index (χ1v) is 7.57. The van der Waals surface area contributed by atoms with Gasteiger partial charge in [0.25, 0.3) is 0 Å². The van der Waals surface area contributed by atoms with Crippen molar-refractivity contribution in [3.05, 3.63) is 0 Å². The van der Waals surface area contributed by atoms with Crippen molar-refractivity contribution in [3.8, 4) is 0 Å². The molecule has 0 amide bonds. The van der Waals surface area contributed by atoms with Crippen LogP contribution in [0.3, 0.4) is 0 Å². The maximum atomic E-state index is 9.80. The van der Waals surface area contributed by atoms with Gasteiger partial charge in [0.05, 0.1) is 6.10 Å². The van der Waals surface area contributed by atoms with Crippen LogP contribution in [0, 0.1) is 17.8 Å². The van der Waals surface area contributed by atoms with Gasteiger partial charge in [-0.15, -0.1) is 0 Å². The standard InChI is InChI=1S/C15H27NO/c1-10(2)12-5-11(6-12)9-16-13-3-4-14(16)8-15(17)7-13/h10-15,17H,3-9H2,1-2H3/t11-,12+,13-,14+,15-. The van der Waals surface area contributed by atoms with E-state index in [9.17, 15) is 5.11 Å². The van der Waals surface area contributed by atoms with Crippen molar-refractivity contribution < 1.29 is 5.11 Å². The normalized spacial score (nSPS) is 46.2. The quantitative estimate of drug-likeness (QED) is 0.815. The van der Waals surface area contributed by atoms with Gasteiger partial charge in [-0.3, -0.25) is 4.90 Å². The summed E-state index contributed by atoms with van der Waals surface area (Å²) in [6, 6.07) is 1.42. The summed E-state index contributed by atoms with van der Waals surface area (Å²) < 4.78 is 0. The Morgan fingerprint density at radius 1 is 1.06 bits per heavy atom. The predicted octanol–water partition coefficient (Wildman–Crippen LogP) is 2.66. The first-order valence-electron chi connectivity index (χ1n) is 7.57. The van der Waals surface area contributed by atoms with Crippen LogP contribution >= 0.6 is 0 Å². The van der Waals surface area contributed by atoms with E-state index in [0.29, 0.717) is 12.1 Å². The molecule has 2 bridgehead atoms. The average Bonchev–Trinajstić information content (AvgIpc) is 2.43. The highest BCUT2D eigenvalue weighted by Crippen LogP contribution is 2.43. The maximum Gasteiger partial charge on any atom is 0.0570 e. The average molecular weight is 237 g/mol. The minimum Gasteiger partial charge on any atom is -0.393 e. The summed E-state index contributed by atoms with van der Waals surface area (Å²) in [6.45, 7) is 6.05. The summed E-state index contributed by atoms with van der Waals surface area (Å²) in [6.07, 6.45) is 7.65. The van der Waals surface area contributed by atoms with Gasteiger partial charge in [0.1, 0.15) is 0 Å². The number of hydrogen-bond acceptors (Lipinski definition) is 2. The third-order valence-electron chi connectivity index (χ3n) is 5.54. The van der Waals surface area contributed by atoms with E-state index in [1.54, 1.807) is 0 Å². The lowest BCUT2D eigenvalue weighted by molar-refractivity contribution is 0.00593. The molecule has 0 unspecified atom stereocenters. The lowest BCUT2D eigenvalue weighted by Gasteiger charge is -2.45. The van der Waals surface area contributed by atoms with Gasteiger partial charge in [0, 0.05) is 18.6 Å². The third kappa shape index (κ3) is 2.26. The molecule has 0 aromatic carbocycles. The molecule has 1 aliphatic carbocycles. The van der Waals surface area contributed by atoms with E-state index in [0.717, 1.165) is 30.6 Å². The number of hydrogen-bond donors (Lipinski definition) is 1. The monoisotopic (exact) mass is 237 g/mol. The van der Waals surface area contributed by atoms with Crippen LogP contribution in [0.5, 0.6) is 0 Å². The highest BCUT2D eigenvalue weighted by atomic mass is 16.3. The minimum atomic E-state index is -0.00597. The van der Waals surface area contributed by atoms with Gasteiger partial charge < -0.3 is 5.11 Å². The second-order valence-electron chi connectivity index (χ2n) is 7.05. The molecular weight excluding hydrogens is 210 g/mol. The molecule has 1 N–H and O–H groups in total. The van der Waals surface area contributed by atoms with Crippen molar-refractivity contribution in [2.24, 2.45) is 17.8 Å². The molecule has 98 valence electrons. The summed E-state index contributed by atoms with van der Waals surface area (Å²) in [5.41, 5.74) is 0. The highest BCUT2D eigenvalue weighted by molar-refractivity contribution is 4.97. The summed E-state index contributed by atoms with van der Waals surface area (Å²) >= 11 is 0. The molecule has 3 atom stereocenters. The van der Waals surface area contributed by atoms with Gasteiger partial charge in [-0.05, 0) is 56.3 Å². The van der Waals surface area contributed by atoms with Crippen LogP contribution in [0.4, 0.5) is 0 Å². The Balaban J connectivity index is 1.51. The molecule has 3 aliphatic rings. The van der Waals surface area contributed by atoms with E-state index < -0.39 is 0 Å². The van der Waals surface area contributed by atoms with E-state index in [1.165, 1.54) is 32.2 Å². The second kappa shape index (κ2) is 4.55. The number of piperidine rings is 1. The second-order valence-corrected chi connectivity index (χ2v) is 7.05. The molecule has 0 aromatic heterocycles. The zero-order chi connectivity index (χ0) is 12.0. The van der Waals surface area contributed by atoms with Crippen LogP contribution in [0.15, 0.2) is 0 Å². The van der Waals surface area contributed by atoms with E-state index in [-0.39, 0.29) is 6.10 Å². The van der Waals surface area contributed by atoms with Crippen LogP contribution in [0.2, 0.25) is 0 Å². The largest absolute Gasteiger partial charge is 0.393 e. The molecule has 3 fully saturated rings. The summed E-state index contributed by atoms with van der Waals surface area (Å²) in [4.78, 5) is 2.74. The Labute approximate surface area is 105 Å². The molecule has 3 rings (SSSR count). The number of nitrogens with zero attached hydrogens (tertiary/aromatic N) is 1. The molecular formula is C15H27NO. The van der Waals surface area contributed by atoms with Gasteiger partial charge in [0.15, 0.2) is 0 Å². The van der Waals surface area contributed by atoms with Gasteiger partial charge in [-0.25, -0.2) is 0 Å². The number of rotatable bonds is 3. The van der Waals surface area contributed by atoms with Crippen LogP contribution in [0.25, 0.3) is 0 Å². The Bertz CT molecular complexity index is 258. The van der Waals surface area contributed by atoms with Crippen molar-refractivity contribution in [2.75, 3.05) is 6.54 Å². The van der Waals surface area contributed by atoms with Gasteiger partial charge in [0.2, 0.25) is 0 Å². The Morgan fingerprint density at radius 3 is 2.18 bits per heavy atom. The predicted molar refractivity (Wildman–Crippen MR) is 69.8 cm³/mol. The topological polar surface area (TPSA) is 23.5 Å². The van der Waals surface area contributed by atoms with Gasteiger partial charge >= 0.3 is 0 Å². The van der Waals surface area contributed by atoms with E-state index in [2.05, 4.69) is 18.7 Å². The van der Waals surface area contributed by atoms with E-state index >= 15 is 0 Å². The van der Waals surface area contributed by atoms with Crippen molar-refractivity contribution in [3.63, 3.8) is 0 Å². The minimum absolute atomic E-state index is 0.00597. The van der Waals surface area contributed by atoms with E-state index in [1.807, 2.05) is 0 Å². The molecule has 0 aromatic rings. The van der Waals surface area contributed by atoms with Crippen molar-refractivity contribution in [1.29, 1.82) is 0 Å². The van der Waals surface area contributed by atoms with Gasteiger partial charge in [-0.2, -0.15) is 0 Å². The molecule has 17 heavy (non-hydrogen) atoms. The Kier molecular flexibility index (Phi) is 3.20. The fourth-order valence-corrected chi connectivity index (χ4v) is 4.32. The number of aliphatic hydroxyl groups excluding tert-OH is 1. The molecule has 2 saturated heterocycles. The van der Waals surface area contributed by atoms with Crippen molar-refractivity contribution in [1.82, 2.24) is 4.90 Å². The first-order chi connectivity index (χ1) is 8.13. The number of aliphatic hydroxyl groups is 1. The first kappa shape index (κ1) is 12.0. The summed E-state index contributed by atoms with van der Waals surface area (Å²) in [5.74, 6) is 2.83. The molecule has 2 aliphatic heterocycles. The Hall–Kier alpha value is -0.0800. The van der Waals surface area contributed by atoms with Crippen LogP contribution in [0.1, 0.15) is 52.4 Å². The molecule has 2 heterocycles. The fraction of sp³-hybridized carbons (Fsp3) is 1.00. The summed E-state index contributed by atoms with van der Waals surface area (Å²) in [5, 5.41) is 9.80. The molecule has 1 saturated carbocycles. The van der Waals surface area contributed by atoms with Crippen LogP contribution in [-0.4, -0.2) is 34.7 Å². The lowest BCUT2D eigenvalue weighted by atomic mass is 9.69. The zero-order valence-electron chi connectivity index (χ0n) is 11.3. The zero-order valence-corrected chi connectivity index (χ0v) is 11.3. The Morgan fingerprint density at radius 2 is 1.65 bits per heavy atom. The third-order valence-corrected chi connectivity index (χ3v) is 5.54.